The van der Waals surface area contributed by atoms with Crippen molar-refractivity contribution in [2.75, 3.05) is 0 Å². The van der Waals surface area contributed by atoms with Crippen molar-refractivity contribution < 1.29 is 8.91 Å². The topological polar surface area (TPSA) is 64.9 Å². The summed E-state index contributed by atoms with van der Waals surface area (Å²) in [7, 11) is 0. The Morgan fingerprint density at radius 1 is 1.30 bits per heavy atom. The van der Waals surface area contributed by atoms with Gasteiger partial charge in [0.2, 0.25) is 11.7 Å². The summed E-state index contributed by atoms with van der Waals surface area (Å²) in [6.07, 6.45) is 0. The Hall–Kier alpha value is -1.27. The first kappa shape index (κ1) is 15.1. The van der Waals surface area contributed by atoms with Crippen molar-refractivity contribution in [3.63, 3.8) is 0 Å². The summed E-state index contributed by atoms with van der Waals surface area (Å²) < 4.78 is 19.4. The molecule has 108 valence electrons. The second kappa shape index (κ2) is 6.01. The van der Waals surface area contributed by atoms with Gasteiger partial charge in [0.1, 0.15) is 5.82 Å². The van der Waals surface area contributed by atoms with Crippen LogP contribution in [-0.4, -0.2) is 16.2 Å². The highest BCUT2D eigenvalue weighted by atomic mass is 79.9. The first-order valence-electron chi connectivity index (χ1n) is 6.44. The van der Waals surface area contributed by atoms with Gasteiger partial charge in [-0.15, -0.1) is 0 Å². The van der Waals surface area contributed by atoms with Crippen LogP contribution in [0.5, 0.6) is 0 Å². The number of nitrogens with zero attached hydrogens (tertiary/aromatic N) is 2. The van der Waals surface area contributed by atoms with Gasteiger partial charge in [-0.2, -0.15) is 4.98 Å². The molecule has 2 rings (SSSR count). The van der Waals surface area contributed by atoms with E-state index >= 15 is 0 Å². The van der Waals surface area contributed by atoms with Gasteiger partial charge >= 0.3 is 0 Å². The van der Waals surface area contributed by atoms with Crippen LogP contribution in [0.2, 0.25) is 0 Å². The predicted octanol–water partition coefficient (Wildman–Crippen LogP) is 3.73. The van der Waals surface area contributed by atoms with Crippen LogP contribution >= 0.6 is 15.9 Å². The normalized spacial score (nSPS) is 14.6. The monoisotopic (exact) mass is 341 g/mol. The second-order valence-corrected chi connectivity index (χ2v) is 6.06. The smallest absolute Gasteiger partial charge is 0.231 e. The fraction of sp³-hybridized carbons (Fsp3) is 0.429. The van der Waals surface area contributed by atoms with Crippen LogP contribution in [0.4, 0.5) is 4.39 Å². The Morgan fingerprint density at radius 3 is 2.60 bits per heavy atom. The number of nitrogens with two attached hydrogens (primary N) is 1. The standard InChI is InChI=1S/C14H17BrFN3O/c1-7(2)12(8(3)17)14-18-13(19-20-14)10-6-9(16)4-5-11(10)15/h4-8,12H,17H2,1-3H3. The van der Waals surface area contributed by atoms with Crippen LogP contribution in [0.1, 0.15) is 32.6 Å². The first-order chi connectivity index (χ1) is 9.40. The Morgan fingerprint density at radius 2 is 2.00 bits per heavy atom. The van der Waals surface area contributed by atoms with Gasteiger partial charge in [0.05, 0.1) is 5.92 Å². The maximum Gasteiger partial charge on any atom is 0.231 e. The number of aromatic nitrogens is 2. The summed E-state index contributed by atoms with van der Waals surface area (Å²) in [5.74, 6) is 0.754. The van der Waals surface area contributed by atoms with Crippen molar-refractivity contribution in [1.29, 1.82) is 0 Å². The minimum absolute atomic E-state index is 0.0245. The SMILES string of the molecule is CC(C)C(c1nc(-c2cc(F)ccc2Br)no1)C(C)N. The van der Waals surface area contributed by atoms with Crippen molar-refractivity contribution in [2.24, 2.45) is 11.7 Å². The number of hydrogen-bond donors (Lipinski definition) is 1. The van der Waals surface area contributed by atoms with Crippen LogP contribution in [0, 0.1) is 11.7 Å². The Labute approximate surface area is 125 Å². The number of halogens is 2. The molecule has 0 saturated carbocycles. The quantitative estimate of drug-likeness (QED) is 0.920. The highest BCUT2D eigenvalue weighted by Crippen LogP contribution is 2.30. The summed E-state index contributed by atoms with van der Waals surface area (Å²) in [5.41, 5.74) is 6.54. The van der Waals surface area contributed by atoms with E-state index in [1.807, 2.05) is 6.92 Å². The van der Waals surface area contributed by atoms with Crippen molar-refractivity contribution in [3.05, 3.63) is 34.4 Å². The van der Waals surface area contributed by atoms with E-state index in [9.17, 15) is 4.39 Å². The molecule has 0 aliphatic rings. The largest absolute Gasteiger partial charge is 0.339 e. The molecule has 2 unspecified atom stereocenters. The number of rotatable bonds is 4. The average Bonchev–Trinajstić information content (AvgIpc) is 2.80. The Balaban J connectivity index is 2.40. The van der Waals surface area contributed by atoms with Gasteiger partial charge in [0.25, 0.3) is 0 Å². The van der Waals surface area contributed by atoms with E-state index in [0.29, 0.717) is 21.8 Å². The van der Waals surface area contributed by atoms with E-state index < -0.39 is 0 Å². The zero-order chi connectivity index (χ0) is 14.9. The van der Waals surface area contributed by atoms with Gasteiger partial charge in [0.15, 0.2) is 0 Å². The molecule has 0 radical (unpaired) electrons. The molecule has 0 aliphatic heterocycles. The minimum atomic E-state index is -0.345. The molecule has 0 amide bonds. The third-order valence-corrected chi connectivity index (χ3v) is 3.87. The molecule has 0 aliphatic carbocycles. The van der Waals surface area contributed by atoms with Crippen molar-refractivity contribution in [1.82, 2.24) is 10.1 Å². The van der Waals surface area contributed by atoms with Crippen LogP contribution < -0.4 is 5.73 Å². The third kappa shape index (κ3) is 3.07. The summed E-state index contributed by atoms with van der Waals surface area (Å²) in [6, 6.07) is 4.26. The highest BCUT2D eigenvalue weighted by molar-refractivity contribution is 9.10. The van der Waals surface area contributed by atoms with Crippen LogP contribution in [0.15, 0.2) is 27.2 Å². The minimum Gasteiger partial charge on any atom is -0.339 e. The van der Waals surface area contributed by atoms with Gasteiger partial charge in [-0.05, 0) is 31.0 Å². The zero-order valence-electron chi connectivity index (χ0n) is 11.6. The van der Waals surface area contributed by atoms with Crippen LogP contribution in [0.3, 0.4) is 0 Å². The van der Waals surface area contributed by atoms with E-state index in [4.69, 9.17) is 10.3 Å². The molecule has 0 spiro atoms. The lowest BCUT2D eigenvalue weighted by Crippen LogP contribution is -2.28. The molecule has 0 saturated heterocycles. The highest BCUT2D eigenvalue weighted by Gasteiger charge is 2.26. The summed E-state index contributed by atoms with van der Waals surface area (Å²) in [4.78, 5) is 4.37. The van der Waals surface area contributed by atoms with Gasteiger partial charge in [-0.3, -0.25) is 0 Å². The molecule has 2 N–H and O–H groups in total. The lowest BCUT2D eigenvalue weighted by molar-refractivity contribution is 0.300. The van der Waals surface area contributed by atoms with Gasteiger partial charge in [-0.25, -0.2) is 4.39 Å². The molecule has 1 aromatic heterocycles. The molecule has 0 fully saturated rings. The average molecular weight is 342 g/mol. The fourth-order valence-electron chi connectivity index (χ4n) is 2.27. The predicted molar refractivity (Wildman–Crippen MR) is 78.6 cm³/mol. The molecular weight excluding hydrogens is 325 g/mol. The van der Waals surface area contributed by atoms with E-state index in [-0.39, 0.29) is 23.7 Å². The summed E-state index contributed by atoms with van der Waals surface area (Å²) in [5, 5.41) is 3.94. The Kier molecular flexibility index (Phi) is 4.55. The molecule has 20 heavy (non-hydrogen) atoms. The van der Waals surface area contributed by atoms with Gasteiger partial charge < -0.3 is 10.3 Å². The van der Waals surface area contributed by atoms with Crippen LogP contribution in [-0.2, 0) is 0 Å². The molecule has 1 heterocycles. The van der Waals surface area contributed by atoms with E-state index in [1.165, 1.54) is 12.1 Å². The summed E-state index contributed by atoms with van der Waals surface area (Å²) in [6.45, 7) is 6.01. The maximum absolute atomic E-state index is 13.3. The first-order valence-corrected chi connectivity index (χ1v) is 7.24. The van der Waals surface area contributed by atoms with E-state index in [0.717, 1.165) is 0 Å². The van der Waals surface area contributed by atoms with Gasteiger partial charge in [-0.1, -0.05) is 34.9 Å². The van der Waals surface area contributed by atoms with Crippen molar-refractivity contribution in [3.8, 4) is 11.4 Å². The Bertz CT molecular complexity index is 590. The van der Waals surface area contributed by atoms with Crippen molar-refractivity contribution >= 4 is 15.9 Å². The molecule has 2 atom stereocenters. The molecular formula is C14H17BrFN3O. The molecule has 2 aromatic rings. The molecule has 6 heteroatoms. The van der Waals surface area contributed by atoms with E-state index in [1.54, 1.807) is 6.07 Å². The third-order valence-electron chi connectivity index (χ3n) is 3.18. The van der Waals surface area contributed by atoms with Crippen LogP contribution in [0.25, 0.3) is 11.4 Å². The zero-order valence-corrected chi connectivity index (χ0v) is 13.2. The lowest BCUT2D eigenvalue weighted by atomic mass is 9.90. The van der Waals surface area contributed by atoms with Crippen molar-refractivity contribution in [2.45, 2.75) is 32.7 Å². The molecule has 4 nitrogen and oxygen atoms in total. The summed E-state index contributed by atoms with van der Waals surface area (Å²) >= 11 is 3.36. The number of benzene rings is 1. The van der Waals surface area contributed by atoms with E-state index in [2.05, 4.69) is 39.9 Å². The van der Waals surface area contributed by atoms with Gasteiger partial charge in [0, 0.05) is 16.1 Å². The lowest BCUT2D eigenvalue weighted by Gasteiger charge is -2.20. The molecule has 0 bridgehead atoms. The second-order valence-electron chi connectivity index (χ2n) is 5.21. The maximum atomic E-state index is 13.3. The fourth-order valence-corrected chi connectivity index (χ4v) is 2.69. The number of hydrogen-bond acceptors (Lipinski definition) is 4. The molecule has 1 aromatic carbocycles.